The second-order valence-corrected chi connectivity index (χ2v) is 6.30. The van der Waals surface area contributed by atoms with Crippen molar-refractivity contribution < 1.29 is 18.7 Å². The van der Waals surface area contributed by atoms with Gasteiger partial charge in [0.2, 0.25) is 0 Å². The van der Waals surface area contributed by atoms with Crippen molar-refractivity contribution in [3.05, 3.63) is 23.8 Å². The van der Waals surface area contributed by atoms with Gasteiger partial charge in [0, 0.05) is 11.5 Å². The van der Waals surface area contributed by atoms with Gasteiger partial charge < -0.3 is 19.5 Å². The molecular formula is C17H25NO3. The lowest BCUT2D eigenvalue weighted by molar-refractivity contribution is 0.0566. The van der Waals surface area contributed by atoms with E-state index in [1.165, 1.54) is 7.11 Å². The highest BCUT2D eigenvalue weighted by molar-refractivity contribution is 5.46. The normalized spacial score (nSPS) is 35.5. The van der Waals surface area contributed by atoms with E-state index in [1.807, 2.05) is 12.1 Å². The number of likely N-dealkylation sites (N-methyl/N-ethyl adjacent to an activating group) is 1. The number of fused-ring (bicyclic) bond motifs is 1. The Hall–Kier alpha value is -1.26. The molecule has 1 aliphatic carbocycles. The molecule has 21 heavy (non-hydrogen) atoms. The third kappa shape index (κ3) is 2.30. The van der Waals surface area contributed by atoms with Gasteiger partial charge in [0.25, 0.3) is 0 Å². The molecule has 0 bridgehead atoms. The Morgan fingerprint density at radius 1 is 1.33 bits per heavy atom. The van der Waals surface area contributed by atoms with Crippen molar-refractivity contribution in [1.82, 2.24) is 4.90 Å². The van der Waals surface area contributed by atoms with Crippen molar-refractivity contribution in [2.45, 2.75) is 43.2 Å². The summed E-state index contributed by atoms with van der Waals surface area (Å²) in [6.45, 7) is 0.971. The van der Waals surface area contributed by atoms with E-state index in [0.717, 1.165) is 37.8 Å². The van der Waals surface area contributed by atoms with Crippen LogP contribution >= 0.6 is 0 Å². The second kappa shape index (κ2) is 5.50. The lowest BCUT2D eigenvalue weighted by Gasteiger charge is -2.43. The minimum absolute atomic E-state index is 0.0624. The topological polar surface area (TPSA) is 41.9 Å². The molecule has 0 amide bonds. The van der Waals surface area contributed by atoms with Gasteiger partial charge in [0.1, 0.15) is 0 Å². The van der Waals surface area contributed by atoms with Crippen molar-refractivity contribution in [2.24, 2.45) is 0 Å². The van der Waals surface area contributed by atoms with Crippen LogP contribution in [-0.2, 0) is 5.41 Å². The van der Waals surface area contributed by atoms with Gasteiger partial charge >= 0.3 is 0 Å². The fraction of sp³-hybridized carbons (Fsp3) is 0.647. The molecule has 1 heterocycles. The van der Waals surface area contributed by atoms with Crippen molar-refractivity contribution in [3.63, 3.8) is 0 Å². The highest BCUT2D eigenvalue weighted by Crippen LogP contribution is 2.49. The first-order chi connectivity index (χ1) is 11.2. The van der Waals surface area contributed by atoms with E-state index in [4.69, 9.17) is 13.6 Å². The van der Waals surface area contributed by atoms with Crippen LogP contribution in [0.25, 0.3) is 0 Å². The highest BCUT2D eigenvalue weighted by Gasteiger charge is 2.50. The average Bonchev–Trinajstić information content (AvgIpc) is 2.84. The van der Waals surface area contributed by atoms with Crippen LogP contribution in [0, 0.1) is 0 Å². The first-order valence-corrected chi connectivity index (χ1v) is 7.51. The van der Waals surface area contributed by atoms with E-state index in [1.54, 1.807) is 6.07 Å². The summed E-state index contributed by atoms with van der Waals surface area (Å²) >= 11 is 0. The molecule has 0 spiro atoms. The molecule has 116 valence electrons. The monoisotopic (exact) mass is 294 g/mol. The largest absolute Gasteiger partial charge is 0.493 e. The molecule has 4 nitrogen and oxygen atoms in total. The minimum atomic E-state index is -2.52. The molecule has 0 radical (unpaired) electrons. The Kier molecular flexibility index (Phi) is 2.97. The first kappa shape index (κ1) is 11.3. The van der Waals surface area contributed by atoms with Crippen LogP contribution in [0.4, 0.5) is 0 Å². The van der Waals surface area contributed by atoms with Gasteiger partial charge in [-0.05, 0) is 57.0 Å². The number of hydrogen-bond acceptors (Lipinski definition) is 4. The zero-order chi connectivity index (χ0) is 17.5. The predicted octanol–water partition coefficient (Wildman–Crippen LogP) is 2.19. The number of aliphatic hydroxyl groups is 1. The summed E-state index contributed by atoms with van der Waals surface area (Å²) in [6.07, 6.45) is 3.15. The molecular weight excluding hydrogens is 266 g/mol. The third-order valence-electron chi connectivity index (χ3n) is 5.35. The number of likely N-dealkylation sites (tertiary alicyclic amines) is 1. The van der Waals surface area contributed by atoms with Crippen molar-refractivity contribution in [3.8, 4) is 11.5 Å². The van der Waals surface area contributed by atoms with Crippen molar-refractivity contribution >= 4 is 0 Å². The maximum Gasteiger partial charge on any atom is 0.161 e. The van der Waals surface area contributed by atoms with E-state index in [-0.39, 0.29) is 23.3 Å². The maximum atomic E-state index is 10.1. The minimum Gasteiger partial charge on any atom is -0.493 e. The SMILES string of the molecule is [2H]C([2H])([2H])Oc1cc([C@@]23CC[C@@H](O)C[C@@H]2N(C)CC3)ccc1OC. The Morgan fingerprint density at radius 2 is 2.19 bits per heavy atom. The zero-order valence-electron chi connectivity index (χ0n) is 15.6. The van der Waals surface area contributed by atoms with E-state index >= 15 is 0 Å². The van der Waals surface area contributed by atoms with Crippen molar-refractivity contribution in [1.29, 1.82) is 0 Å². The molecule has 4 heteroatoms. The summed E-state index contributed by atoms with van der Waals surface area (Å²) < 4.78 is 32.5. The summed E-state index contributed by atoms with van der Waals surface area (Å²) in [7, 11) is 1.08. The van der Waals surface area contributed by atoms with E-state index in [9.17, 15) is 5.11 Å². The predicted molar refractivity (Wildman–Crippen MR) is 82.1 cm³/mol. The van der Waals surface area contributed by atoms with Crippen LogP contribution < -0.4 is 9.47 Å². The molecule has 0 unspecified atom stereocenters. The molecule has 3 atom stereocenters. The van der Waals surface area contributed by atoms with Gasteiger partial charge in [-0.15, -0.1) is 0 Å². The molecule has 1 N–H and O–H groups in total. The van der Waals surface area contributed by atoms with E-state index < -0.39 is 7.04 Å². The molecule has 1 aliphatic heterocycles. The molecule has 2 aliphatic rings. The maximum absolute atomic E-state index is 10.1. The van der Waals surface area contributed by atoms with E-state index in [2.05, 4.69) is 11.9 Å². The summed E-state index contributed by atoms with van der Waals surface area (Å²) in [5.74, 6) is 0.675. The zero-order valence-corrected chi connectivity index (χ0v) is 12.6. The van der Waals surface area contributed by atoms with Gasteiger partial charge in [-0.1, -0.05) is 6.07 Å². The van der Waals surface area contributed by atoms with Gasteiger partial charge in [-0.2, -0.15) is 0 Å². The molecule has 1 aromatic carbocycles. The number of ether oxygens (including phenoxy) is 2. The van der Waals surface area contributed by atoms with Crippen LogP contribution in [0.15, 0.2) is 18.2 Å². The summed E-state index contributed by atoms with van der Waals surface area (Å²) in [6, 6.07) is 5.87. The molecule has 1 saturated heterocycles. The number of aliphatic hydroxyl groups excluding tert-OH is 1. The van der Waals surface area contributed by atoms with Crippen molar-refractivity contribution in [2.75, 3.05) is 27.7 Å². The number of rotatable bonds is 3. The van der Waals surface area contributed by atoms with Gasteiger partial charge in [0.05, 0.1) is 24.4 Å². The summed E-state index contributed by atoms with van der Waals surface area (Å²) in [5.41, 5.74) is 1.01. The second-order valence-electron chi connectivity index (χ2n) is 6.30. The summed E-state index contributed by atoms with van der Waals surface area (Å²) in [4.78, 5) is 2.30. The fourth-order valence-electron chi connectivity index (χ4n) is 4.16. The smallest absolute Gasteiger partial charge is 0.161 e. The molecule has 0 aromatic heterocycles. The average molecular weight is 294 g/mol. The Bertz CT molecular complexity index is 607. The lowest BCUT2D eigenvalue weighted by atomic mass is 9.65. The quantitative estimate of drug-likeness (QED) is 0.928. The molecule has 1 aromatic rings. The molecule has 3 rings (SSSR count). The van der Waals surface area contributed by atoms with Crippen LogP contribution in [0.5, 0.6) is 11.5 Å². The van der Waals surface area contributed by atoms with Crippen LogP contribution in [-0.4, -0.2) is 49.9 Å². The number of benzene rings is 1. The van der Waals surface area contributed by atoms with Crippen LogP contribution in [0.3, 0.4) is 0 Å². The number of nitrogens with zero attached hydrogens (tertiary/aromatic N) is 1. The molecule has 1 saturated carbocycles. The lowest BCUT2D eigenvalue weighted by Crippen LogP contribution is -2.47. The first-order valence-electron chi connectivity index (χ1n) is 9.01. The third-order valence-corrected chi connectivity index (χ3v) is 5.35. The summed E-state index contributed by atoms with van der Waals surface area (Å²) in [5, 5.41) is 10.1. The van der Waals surface area contributed by atoms with Gasteiger partial charge in [-0.25, -0.2) is 0 Å². The van der Waals surface area contributed by atoms with Crippen LogP contribution in [0.2, 0.25) is 0 Å². The fourth-order valence-corrected chi connectivity index (χ4v) is 4.16. The van der Waals surface area contributed by atoms with Crippen LogP contribution in [0.1, 0.15) is 35.4 Å². The Balaban J connectivity index is 2.00. The molecule has 2 fully saturated rings. The Morgan fingerprint density at radius 3 is 2.95 bits per heavy atom. The van der Waals surface area contributed by atoms with E-state index in [0.29, 0.717) is 5.75 Å². The van der Waals surface area contributed by atoms with Gasteiger partial charge in [0.15, 0.2) is 11.5 Å². The standard InChI is InChI=1S/C17H25NO3/c1-18-9-8-17(7-6-13(19)11-16(17)18)12-4-5-14(20-2)15(10-12)21-3/h4-5,10,13,16,19H,6-9,11H2,1-3H3/t13-,16+,17+/m1/s1/i3D3. The Labute approximate surface area is 130 Å². The highest BCUT2D eigenvalue weighted by atomic mass is 16.5. The van der Waals surface area contributed by atoms with Gasteiger partial charge in [-0.3, -0.25) is 0 Å². The number of methoxy groups -OCH3 is 2. The number of hydrogen-bond donors (Lipinski definition) is 1.